The fourth-order valence-corrected chi connectivity index (χ4v) is 2.81. The highest BCUT2D eigenvalue weighted by Gasteiger charge is 2.22. The Morgan fingerprint density at radius 3 is 2.58 bits per heavy atom. The van der Waals surface area contributed by atoms with Gasteiger partial charge in [-0.15, -0.1) is 0 Å². The molecule has 2 aromatic rings. The summed E-state index contributed by atoms with van der Waals surface area (Å²) in [5, 5.41) is 14.6. The summed E-state index contributed by atoms with van der Waals surface area (Å²) in [5.41, 5.74) is 0.918. The van der Waals surface area contributed by atoms with E-state index in [4.69, 9.17) is 4.74 Å². The molecule has 0 aliphatic heterocycles. The second-order valence-electron chi connectivity index (χ2n) is 4.99. The molecule has 1 heterocycles. The maximum Gasteiger partial charge on any atom is 0.328 e. The van der Waals surface area contributed by atoms with Crippen LogP contribution in [0.2, 0.25) is 0 Å². The van der Waals surface area contributed by atoms with Gasteiger partial charge in [-0.1, -0.05) is 30.3 Å². The minimum absolute atomic E-state index is 0.0362. The van der Waals surface area contributed by atoms with Gasteiger partial charge in [0.2, 0.25) is 5.91 Å². The summed E-state index contributed by atoms with van der Waals surface area (Å²) in [4.78, 5) is 24.0. The number of benzene rings is 1. The molecule has 0 unspecified atom stereocenters. The lowest BCUT2D eigenvalue weighted by molar-refractivity contribution is -0.645. The van der Waals surface area contributed by atoms with Crippen LogP contribution in [0.15, 0.2) is 59.8 Å². The van der Waals surface area contributed by atoms with Gasteiger partial charge in [-0.05, 0) is 23.4 Å². The number of thioether (sulfide) groups is 1. The van der Waals surface area contributed by atoms with Crippen LogP contribution in [0.25, 0.3) is 0 Å². The lowest BCUT2D eigenvalue weighted by Crippen LogP contribution is -2.44. The van der Waals surface area contributed by atoms with E-state index in [0.29, 0.717) is 16.2 Å². The molecule has 2 rings (SSSR count). The van der Waals surface area contributed by atoms with E-state index in [-0.39, 0.29) is 11.7 Å². The van der Waals surface area contributed by atoms with Gasteiger partial charge in [0, 0.05) is 18.6 Å². The Morgan fingerprint density at radius 2 is 1.92 bits per heavy atom. The van der Waals surface area contributed by atoms with Crippen molar-refractivity contribution in [1.29, 1.82) is 0 Å². The number of amides is 1. The van der Waals surface area contributed by atoms with Crippen LogP contribution in [-0.4, -0.2) is 30.8 Å². The number of rotatable bonds is 7. The first-order chi connectivity index (χ1) is 11.6. The van der Waals surface area contributed by atoms with Crippen molar-refractivity contribution in [3.05, 3.63) is 65.5 Å². The molecule has 0 saturated heterocycles. The normalized spacial score (nSPS) is 11.5. The average molecular weight is 346 g/mol. The van der Waals surface area contributed by atoms with Crippen molar-refractivity contribution in [2.24, 2.45) is 0 Å². The Balaban J connectivity index is 1.94. The number of carbonyl (C=O) groups excluding carboxylic acids is 2. The molecule has 0 aliphatic rings. The number of carbonyl (C=O) groups is 2. The minimum Gasteiger partial charge on any atom is -0.618 e. The summed E-state index contributed by atoms with van der Waals surface area (Å²) in [7, 11) is 1.28. The largest absolute Gasteiger partial charge is 0.618 e. The highest BCUT2D eigenvalue weighted by Crippen LogP contribution is 2.12. The van der Waals surface area contributed by atoms with Gasteiger partial charge < -0.3 is 15.3 Å². The molecule has 1 N–H and O–H groups in total. The van der Waals surface area contributed by atoms with E-state index in [1.54, 1.807) is 18.2 Å². The number of ether oxygens (including phenoxy) is 1. The Kier molecular flexibility index (Phi) is 6.62. The molecular formula is C17H18N2O4S. The van der Waals surface area contributed by atoms with E-state index in [1.165, 1.54) is 13.3 Å². The topological polar surface area (TPSA) is 82.3 Å². The standard InChI is InChI=1S/C17H18N2O4S/c1-23-17(21)14(11-13-7-3-2-4-8-13)18-15(20)12-24-16-9-5-6-10-19(16)22/h2-10,14H,11-12H2,1H3,(H,18,20)/t14-/m0/s1. The molecule has 0 fully saturated rings. The summed E-state index contributed by atoms with van der Waals surface area (Å²) in [6.45, 7) is 0. The number of nitrogens with one attached hydrogen (secondary N) is 1. The number of hydrogen-bond donors (Lipinski definition) is 1. The van der Waals surface area contributed by atoms with Crippen LogP contribution in [0.5, 0.6) is 0 Å². The zero-order valence-corrected chi connectivity index (χ0v) is 14.0. The monoisotopic (exact) mass is 346 g/mol. The van der Waals surface area contributed by atoms with E-state index in [1.807, 2.05) is 30.3 Å². The van der Waals surface area contributed by atoms with Crippen LogP contribution in [0.3, 0.4) is 0 Å². The number of aromatic nitrogens is 1. The SMILES string of the molecule is COC(=O)[C@H](Cc1ccccc1)NC(=O)CSc1cccc[n+]1[O-]. The van der Waals surface area contributed by atoms with E-state index in [9.17, 15) is 14.8 Å². The van der Waals surface area contributed by atoms with Crippen LogP contribution < -0.4 is 10.0 Å². The van der Waals surface area contributed by atoms with E-state index in [0.717, 1.165) is 17.3 Å². The molecule has 24 heavy (non-hydrogen) atoms. The molecule has 0 spiro atoms. The number of nitrogens with zero attached hydrogens (tertiary/aromatic N) is 1. The fourth-order valence-electron chi connectivity index (χ4n) is 2.09. The number of methoxy groups -OCH3 is 1. The van der Waals surface area contributed by atoms with Crippen LogP contribution in [0.1, 0.15) is 5.56 Å². The van der Waals surface area contributed by atoms with Gasteiger partial charge in [-0.2, -0.15) is 4.73 Å². The minimum atomic E-state index is -0.763. The average Bonchev–Trinajstić information content (AvgIpc) is 2.60. The fraction of sp³-hybridized carbons (Fsp3) is 0.235. The van der Waals surface area contributed by atoms with Crippen LogP contribution >= 0.6 is 11.8 Å². The van der Waals surface area contributed by atoms with Gasteiger partial charge in [0.15, 0.2) is 6.20 Å². The summed E-state index contributed by atoms with van der Waals surface area (Å²) >= 11 is 1.11. The lowest BCUT2D eigenvalue weighted by Gasteiger charge is -2.16. The summed E-state index contributed by atoms with van der Waals surface area (Å²) in [6.07, 6.45) is 1.71. The number of pyridine rings is 1. The van der Waals surface area contributed by atoms with Gasteiger partial charge in [0.25, 0.3) is 5.03 Å². The Bertz CT molecular complexity index is 694. The highest BCUT2D eigenvalue weighted by molar-refractivity contribution is 7.99. The number of hydrogen-bond acceptors (Lipinski definition) is 5. The predicted octanol–water partition coefficient (Wildman–Crippen LogP) is 1.31. The molecule has 6 nitrogen and oxygen atoms in total. The molecule has 1 aromatic carbocycles. The first kappa shape index (κ1) is 17.8. The lowest BCUT2D eigenvalue weighted by atomic mass is 10.1. The highest BCUT2D eigenvalue weighted by atomic mass is 32.2. The van der Waals surface area contributed by atoms with Gasteiger partial charge in [0.1, 0.15) is 6.04 Å². The molecule has 0 saturated carbocycles. The molecule has 0 radical (unpaired) electrons. The summed E-state index contributed by atoms with van der Waals surface area (Å²) < 4.78 is 5.45. The second-order valence-corrected chi connectivity index (χ2v) is 5.98. The molecule has 0 bridgehead atoms. The van der Waals surface area contributed by atoms with E-state index in [2.05, 4.69) is 5.32 Å². The quantitative estimate of drug-likeness (QED) is 0.354. The zero-order chi connectivity index (χ0) is 17.4. The van der Waals surface area contributed by atoms with Crippen molar-refractivity contribution in [1.82, 2.24) is 5.32 Å². The maximum absolute atomic E-state index is 12.1. The van der Waals surface area contributed by atoms with E-state index < -0.39 is 12.0 Å². The molecule has 7 heteroatoms. The van der Waals surface area contributed by atoms with Crippen LogP contribution in [-0.2, 0) is 20.7 Å². The summed E-state index contributed by atoms with van der Waals surface area (Å²) in [6, 6.07) is 13.6. The molecule has 1 aromatic heterocycles. The number of esters is 1. The molecule has 1 amide bonds. The molecular weight excluding hydrogens is 328 g/mol. The van der Waals surface area contributed by atoms with Gasteiger partial charge >= 0.3 is 5.97 Å². The molecule has 0 aliphatic carbocycles. The van der Waals surface area contributed by atoms with Crippen molar-refractivity contribution >= 4 is 23.6 Å². The Hall–Kier alpha value is -2.54. The smallest absolute Gasteiger partial charge is 0.328 e. The van der Waals surface area contributed by atoms with Crippen LogP contribution in [0, 0.1) is 5.21 Å². The Labute approximate surface area is 144 Å². The molecule has 1 atom stereocenters. The van der Waals surface area contributed by atoms with Crippen molar-refractivity contribution in [2.45, 2.75) is 17.5 Å². The predicted molar refractivity (Wildman–Crippen MR) is 90.2 cm³/mol. The summed E-state index contributed by atoms with van der Waals surface area (Å²) in [5.74, 6) is -0.805. The first-order valence-corrected chi connectivity index (χ1v) is 8.31. The van der Waals surface area contributed by atoms with Crippen molar-refractivity contribution in [3.63, 3.8) is 0 Å². The second kappa shape index (κ2) is 8.93. The van der Waals surface area contributed by atoms with Crippen molar-refractivity contribution < 1.29 is 19.1 Å². The van der Waals surface area contributed by atoms with Crippen molar-refractivity contribution in [3.8, 4) is 0 Å². The van der Waals surface area contributed by atoms with Crippen LogP contribution in [0.4, 0.5) is 0 Å². The third-order valence-electron chi connectivity index (χ3n) is 3.24. The maximum atomic E-state index is 12.1. The third kappa shape index (κ3) is 5.27. The van der Waals surface area contributed by atoms with E-state index >= 15 is 0 Å². The first-order valence-electron chi connectivity index (χ1n) is 7.32. The van der Waals surface area contributed by atoms with Crippen molar-refractivity contribution in [2.75, 3.05) is 12.9 Å². The molecule has 126 valence electrons. The third-order valence-corrected chi connectivity index (χ3v) is 4.26. The Morgan fingerprint density at radius 1 is 1.21 bits per heavy atom. The van der Waals surface area contributed by atoms with Gasteiger partial charge in [-0.3, -0.25) is 4.79 Å². The zero-order valence-electron chi connectivity index (χ0n) is 13.2. The van der Waals surface area contributed by atoms with Gasteiger partial charge in [-0.25, -0.2) is 4.79 Å². The van der Waals surface area contributed by atoms with Gasteiger partial charge in [0.05, 0.1) is 12.9 Å².